The molecule has 1 atom stereocenters. The van der Waals surface area contributed by atoms with E-state index in [1.165, 1.54) is 6.26 Å². The Hall–Kier alpha value is -0.690. The molecule has 2 aromatic rings. The average Bonchev–Trinajstić information content (AvgIpc) is 2.68. The number of thiophene rings is 1. The Kier molecular flexibility index (Phi) is 4.15. The standard InChI is InChI=1S/C13H14BrNO2S2/c1-8-11(14)7-12(18-8)13(15)9-4-3-5-10(6-9)19(2,16)17/h3-7,13H,15H2,1-2H3. The van der Waals surface area contributed by atoms with Crippen molar-refractivity contribution >= 4 is 37.1 Å². The summed E-state index contributed by atoms with van der Waals surface area (Å²) in [5.41, 5.74) is 7.01. The van der Waals surface area contributed by atoms with Crippen LogP contribution in [0.15, 0.2) is 39.7 Å². The molecule has 0 amide bonds. The molecule has 1 aromatic heterocycles. The van der Waals surface area contributed by atoms with E-state index in [2.05, 4.69) is 15.9 Å². The molecule has 1 aromatic carbocycles. The predicted molar refractivity (Wildman–Crippen MR) is 82.3 cm³/mol. The van der Waals surface area contributed by atoms with Gasteiger partial charge in [-0.3, -0.25) is 0 Å². The van der Waals surface area contributed by atoms with Crippen molar-refractivity contribution in [2.45, 2.75) is 17.9 Å². The SMILES string of the molecule is Cc1sc(C(N)c2cccc(S(C)(=O)=O)c2)cc1Br. The summed E-state index contributed by atoms with van der Waals surface area (Å²) in [6.07, 6.45) is 1.20. The van der Waals surface area contributed by atoms with Crippen LogP contribution in [0.4, 0.5) is 0 Å². The van der Waals surface area contributed by atoms with Gasteiger partial charge in [0.25, 0.3) is 0 Å². The van der Waals surface area contributed by atoms with Crippen molar-refractivity contribution in [2.75, 3.05) is 6.26 Å². The van der Waals surface area contributed by atoms with Crippen LogP contribution in [-0.2, 0) is 9.84 Å². The number of hydrogen-bond acceptors (Lipinski definition) is 4. The molecule has 0 aliphatic rings. The fraction of sp³-hybridized carbons (Fsp3) is 0.231. The first-order valence-corrected chi connectivity index (χ1v) is 9.10. The van der Waals surface area contributed by atoms with Crippen molar-refractivity contribution < 1.29 is 8.42 Å². The van der Waals surface area contributed by atoms with E-state index in [0.717, 1.165) is 19.8 Å². The lowest BCUT2D eigenvalue weighted by Gasteiger charge is -2.11. The van der Waals surface area contributed by atoms with Gasteiger partial charge in [0.05, 0.1) is 10.9 Å². The molecule has 3 nitrogen and oxygen atoms in total. The molecule has 0 aliphatic carbocycles. The van der Waals surface area contributed by atoms with Gasteiger partial charge in [-0.1, -0.05) is 12.1 Å². The van der Waals surface area contributed by atoms with E-state index >= 15 is 0 Å². The second-order valence-electron chi connectivity index (χ2n) is 4.38. The first-order chi connectivity index (χ1) is 8.79. The Labute approximate surface area is 125 Å². The summed E-state index contributed by atoms with van der Waals surface area (Å²) >= 11 is 5.07. The van der Waals surface area contributed by atoms with E-state index in [9.17, 15) is 8.42 Å². The summed E-state index contributed by atoms with van der Waals surface area (Å²) < 4.78 is 24.1. The Bertz CT molecular complexity index is 688. The number of sulfone groups is 1. The molecule has 0 fully saturated rings. The zero-order chi connectivity index (χ0) is 14.2. The van der Waals surface area contributed by atoms with Crippen molar-refractivity contribution in [1.82, 2.24) is 0 Å². The Morgan fingerprint density at radius 3 is 2.53 bits per heavy atom. The molecule has 0 saturated carbocycles. The van der Waals surface area contributed by atoms with Crippen LogP contribution in [-0.4, -0.2) is 14.7 Å². The minimum absolute atomic E-state index is 0.299. The normalized spacial score (nSPS) is 13.5. The monoisotopic (exact) mass is 359 g/mol. The van der Waals surface area contributed by atoms with Crippen LogP contribution in [0.3, 0.4) is 0 Å². The van der Waals surface area contributed by atoms with Gasteiger partial charge in [-0.15, -0.1) is 11.3 Å². The average molecular weight is 360 g/mol. The largest absolute Gasteiger partial charge is 0.320 e. The van der Waals surface area contributed by atoms with E-state index in [1.807, 2.05) is 19.1 Å². The van der Waals surface area contributed by atoms with E-state index in [4.69, 9.17) is 5.73 Å². The van der Waals surface area contributed by atoms with Crippen LogP contribution in [0.2, 0.25) is 0 Å². The van der Waals surface area contributed by atoms with E-state index in [0.29, 0.717) is 4.90 Å². The Morgan fingerprint density at radius 2 is 2.00 bits per heavy atom. The summed E-state index contributed by atoms with van der Waals surface area (Å²) in [6.45, 7) is 2.01. The van der Waals surface area contributed by atoms with Gasteiger partial charge in [-0.05, 0) is 46.6 Å². The highest BCUT2D eigenvalue weighted by molar-refractivity contribution is 9.10. The number of rotatable bonds is 3. The molecule has 2 N–H and O–H groups in total. The molecule has 102 valence electrons. The lowest BCUT2D eigenvalue weighted by atomic mass is 10.1. The molecular weight excluding hydrogens is 346 g/mol. The van der Waals surface area contributed by atoms with Crippen molar-refractivity contribution in [3.05, 3.63) is 50.1 Å². The maximum absolute atomic E-state index is 11.6. The number of halogens is 1. The second-order valence-corrected chi connectivity index (χ2v) is 8.53. The lowest BCUT2D eigenvalue weighted by molar-refractivity contribution is 0.601. The maximum atomic E-state index is 11.6. The molecule has 2 rings (SSSR count). The molecule has 1 unspecified atom stereocenters. The first kappa shape index (κ1) is 14.7. The third kappa shape index (κ3) is 3.25. The van der Waals surface area contributed by atoms with E-state index in [-0.39, 0.29) is 6.04 Å². The summed E-state index contributed by atoms with van der Waals surface area (Å²) in [7, 11) is -3.21. The smallest absolute Gasteiger partial charge is 0.175 e. The van der Waals surface area contributed by atoms with Crippen LogP contribution in [0.25, 0.3) is 0 Å². The lowest BCUT2D eigenvalue weighted by Crippen LogP contribution is -2.11. The molecule has 6 heteroatoms. The maximum Gasteiger partial charge on any atom is 0.175 e. The summed E-state index contributed by atoms with van der Waals surface area (Å²) in [5.74, 6) is 0. The van der Waals surface area contributed by atoms with Crippen molar-refractivity contribution in [2.24, 2.45) is 5.73 Å². The van der Waals surface area contributed by atoms with Gasteiger partial charge in [-0.2, -0.15) is 0 Å². The van der Waals surface area contributed by atoms with Gasteiger partial charge in [0.2, 0.25) is 0 Å². The first-order valence-electron chi connectivity index (χ1n) is 5.60. The van der Waals surface area contributed by atoms with Crippen LogP contribution in [0.5, 0.6) is 0 Å². The number of nitrogens with two attached hydrogens (primary N) is 1. The minimum atomic E-state index is -3.21. The highest BCUT2D eigenvalue weighted by Crippen LogP contribution is 2.32. The number of aryl methyl sites for hydroxylation is 1. The molecule has 1 heterocycles. The third-order valence-corrected chi connectivity index (χ3v) is 6.16. The van der Waals surface area contributed by atoms with Crippen LogP contribution in [0, 0.1) is 6.92 Å². The van der Waals surface area contributed by atoms with Gasteiger partial charge < -0.3 is 5.73 Å². The summed E-state index contributed by atoms with van der Waals surface area (Å²) in [6, 6.07) is 8.47. The highest BCUT2D eigenvalue weighted by Gasteiger charge is 2.15. The van der Waals surface area contributed by atoms with Gasteiger partial charge in [0.15, 0.2) is 9.84 Å². The zero-order valence-corrected chi connectivity index (χ0v) is 13.8. The van der Waals surface area contributed by atoms with Crippen LogP contribution >= 0.6 is 27.3 Å². The van der Waals surface area contributed by atoms with Gasteiger partial charge in [0, 0.05) is 20.5 Å². The topological polar surface area (TPSA) is 60.2 Å². The van der Waals surface area contributed by atoms with Crippen molar-refractivity contribution in [3.63, 3.8) is 0 Å². The van der Waals surface area contributed by atoms with Crippen LogP contribution in [0.1, 0.15) is 21.4 Å². The van der Waals surface area contributed by atoms with Crippen molar-refractivity contribution in [1.29, 1.82) is 0 Å². The quantitative estimate of drug-likeness (QED) is 0.914. The number of benzene rings is 1. The molecule has 0 saturated heterocycles. The van der Waals surface area contributed by atoms with Gasteiger partial charge in [-0.25, -0.2) is 8.42 Å². The molecule has 0 bridgehead atoms. The fourth-order valence-corrected chi connectivity index (χ4v) is 4.00. The molecule has 0 spiro atoms. The van der Waals surface area contributed by atoms with Gasteiger partial charge in [0.1, 0.15) is 0 Å². The van der Waals surface area contributed by atoms with Gasteiger partial charge >= 0.3 is 0 Å². The Balaban J connectivity index is 2.42. The second kappa shape index (κ2) is 5.36. The molecule has 19 heavy (non-hydrogen) atoms. The van der Waals surface area contributed by atoms with Crippen molar-refractivity contribution in [3.8, 4) is 0 Å². The Morgan fingerprint density at radius 1 is 1.32 bits per heavy atom. The minimum Gasteiger partial charge on any atom is -0.320 e. The van der Waals surface area contributed by atoms with Crippen LogP contribution < -0.4 is 5.73 Å². The fourth-order valence-electron chi connectivity index (χ4n) is 1.74. The third-order valence-electron chi connectivity index (χ3n) is 2.83. The number of hydrogen-bond donors (Lipinski definition) is 1. The predicted octanol–water partition coefficient (Wildman–Crippen LogP) is 3.27. The van der Waals surface area contributed by atoms with E-state index in [1.54, 1.807) is 29.5 Å². The molecule has 0 radical (unpaired) electrons. The van der Waals surface area contributed by atoms with E-state index < -0.39 is 9.84 Å². The summed E-state index contributed by atoms with van der Waals surface area (Å²) in [5, 5.41) is 0. The molecule has 0 aliphatic heterocycles. The molecular formula is C13H14BrNO2S2. The highest BCUT2D eigenvalue weighted by atomic mass is 79.9. The zero-order valence-electron chi connectivity index (χ0n) is 10.6. The summed E-state index contributed by atoms with van der Waals surface area (Å²) in [4.78, 5) is 2.47.